The molecule has 0 saturated heterocycles. The quantitative estimate of drug-likeness (QED) is 0.578. The molecule has 0 radical (unpaired) electrons. The topological polar surface area (TPSA) is 64.3 Å². The summed E-state index contributed by atoms with van der Waals surface area (Å²) in [7, 11) is 0. The summed E-state index contributed by atoms with van der Waals surface area (Å²) >= 11 is 1.25. The molecule has 1 aromatic carbocycles. The van der Waals surface area contributed by atoms with Crippen molar-refractivity contribution in [3.8, 4) is 0 Å². The first kappa shape index (κ1) is 13.9. The molecule has 2 amide bonds. The summed E-state index contributed by atoms with van der Waals surface area (Å²) in [5.74, 6) is 0.690. The lowest BCUT2D eigenvalue weighted by Crippen LogP contribution is -2.23. The third-order valence-electron chi connectivity index (χ3n) is 2.20. The Labute approximate surface area is 106 Å². The fourth-order valence-corrected chi connectivity index (χ4v) is 1.73. The van der Waals surface area contributed by atoms with Crippen LogP contribution in [0.15, 0.2) is 24.3 Å². The first-order chi connectivity index (χ1) is 8.22. The highest BCUT2D eigenvalue weighted by Gasteiger charge is 1.95. The highest BCUT2D eigenvalue weighted by molar-refractivity contribution is 7.97. The number of carbonyl (C=O) groups is 1. The van der Waals surface area contributed by atoms with Gasteiger partial charge in [-0.1, -0.05) is 31.2 Å². The zero-order chi connectivity index (χ0) is 12.5. The van der Waals surface area contributed by atoms with Gasteiger partial charge in [-0.3, -0.25) is 4.72 Å². The number of benzene rings is 1. The monoisotopic (exact) mass is 254 g/mol. The van der Waals surface area contributed by atoms with E-state index in [0.717, 1.165) is 12.0 Å². The Morgan fingerprint density at radius 2 is 2.00 bits per heavy atom. The van der Waals surface area contributed by atoms with Crippen molar-refractivity contribution >= 4 is 18.0 Å². The number of carbonyl (C=O) groups excluding carboxylic acids is 1. The second-order valence-electron chi connectivity index (χ2n) is 3.54. The molecule has 1 rings (SSSR count). The van der Waals surface area contributed by atoms with Gasteiger partial charge in [0.2, 0.25) is 0 Å². The number of urea groups is 1. The van der Waals surface area contributed by atoms with Crippen molar-refractivity contribution in [2.45, 2.75) is 20.0 Å². The number of hydrogen-bond acceptors (Lipinski definition) is 3. The molecule has 0 saturated carbocycles. The maximum atomic E-state index is 10.4. The number of nitrogens with two attached hydrogens (primary N) is 1. The molecule has 0 aliphatic rings. The second kappa shape index (κ2) is 7.97. The van der Waals surface area contributed by atoms with Crippen LogP contribution in [0.1, 0.15) is 18.1 Å². The van der Waals surface area contributed by atoms with Gasteiger partial charge < -0.3 is 10.5 Å². The minimum absolute atomic E-state index is 0.523. The molecule has 5 heteroatoms. The summed E-state index contributed by atoms with van der Waals surface area (Å²) in [6.07, 6.45) is 1.05. The van der Waals surface area contributed by atoms with Gasteiger partial charge in [0, 0.05) is 5.75 Å². The van der Waals surface area contributed by atoms with Crippen molar-refractivity contribution in [1.82, 2.24) is 4.72 Å². The van der Waals surface area contributed by atoms with Crippen molar-refractivity contribution in [1.29, 1.82) is 0 Å². The number of nitrogens with one attached hydrogen (secondary N) is 1. The summed E-state index contributed by atoms with van der Waals surface area (Å²) in [5, 5.41) is 0. The van der Waals surface area contributed by atoms with Gasteiger partial charge in [-0.2, -0.15) is 0 Å². The average Bonchev–Trinajstić information content (AvgIpc) is 2.34. The van der Waals surface area contributed by atoms with Gasteiger partial charge in [-0.25, -0.2) is 4.79 Å². The smallest absolute Gasteiger partial charge is 0.322 e. The first-order valence-corrected chi connectivity index (χ1v) is 6.53. The van der Waals surface area contributed by atoms with Crippen LogP contribution in [0, 0.1) is 0 Å². The van der Waals surface area contributed by atoms with Crippen molar-refractivity contribution in [3.05, 3.63) is 35.4 Å². The van der Waals surface area contributed by atoms with Gasteiger partial charge in [0.25, 0.3) is 0 Å². The Morgan fingerprint density at radius 3 is 2.59 bits per heavy atom. The second-order valence-corrected chi connectivity index (χ2v) is 4.44. The van der Waals surface area contributed by atoms with E-state index >= 15 is 0 Å². The fraction of sp³-hybridized carbons (Fsp3) is 0.417. The third kappa shape index (κ3) is 6.19. The molecular weight excluding hydrogens is 236 g/mol. The summed E-state index contributed by atoms with van der Waals surface area (Å²) in [6, 6.07) is 7.86. The number of rotatable bonds is 7. The van der Waals surface area contributed by atoms with E-state index in [2.05, 4.69) is 35.9 Å². The molecule has 0 fully saturated rings. The molecular formula is C12H18N2O2S. The normalized spacial score (nSPS) is 10.2. The predicted octanol–water partition coefficient (Wildman–Crippen LogP) is 2.08. The van der Waals surface area contributed by atoms with Gasteiger partial charge in [0.1, 0.15) is 0 Å². The van der Waals surface area contributed by atoms with Gasteiger partial charge in [0.05, 0.1) is 13.2 Å². The van der Waals surface area contributed by atoms with E-state index in [0.29, 0.717) is 19.0 Å². The van der Waals surface area contributed by atoms with Crippen molar-refractivity contribution in [3.63, 3.8) is 0 Å². The Bertz CT molecular complexity index is 341. The molecule has 3 N–H and O–H groups in total. The highest BCUT2D eigenvalue weighted by atomic mass is 32.2. The standard InChI is InChI=1S/C12H18N2O2S/c1-2-10-3-5-11(6-4-10)9-16-7-8-17-14-12(13)15/h3-6H,2,7-9H2,1H3,(H3,13,14,15). The summed E-state index contributed by atoms with van der Waals surface area (Å²) < 4.78 is 7.90. The van der Waals surface area contributed by atoms with E-state index in [1.54, 1.807) is 0 Å². The maximum Gasteiger partial charge on any atom is 0.322 e. The molecule has 0 aliphatic carbocycles. The lowest BCUT2D eigenvalue weighted by molar-refractivity contribution is 0.136. The van der Waals surface area contributed by atoms with Crippen LogP contribution in [0.5, 0.6) is 0 Å². The van der Waals surface area contributed by atoms with Gasteiger partial charge in [-0.05, 0) is 29.5 Å². The van der Waals surface area contributed by atoms with E-state index < -0.39 is 6.03 Å². The van der Waals surface area contributed by atoms with Crippen LogP contribution in [0.2, 0.25) is 0 Å². The zero-order valence-corrected chi connectivity index (χ0v) is 10.8. The van der Waals surface area contributed by atoms with Crippen LogP contribution in [0.25, 0.3) is 0 Å². The molecule has 0 aromatic heterocycles. The molecule has 0 atom stereocenters. The number of primary amides is 1. The lowest BCUT2D eigenvalue weighted by atomic mass is 10.1. The lowest BCUT2D eigenvalue weighted by Gasteiger charge is -2.05. The van der Waals surface area contributed by atoms with E-state index in [4.69, 9.17) is 10.5 Å². The molecule has 0 heterocycles. The Kier molecular flexibility index (Phi) is 6.50. The fourth-order valence-electron chi connectivity index (χ4n) is 1.28. The SMILES string of the molecule is CCc1ccc(COCCSNC(N)=O)cc1. The van der Waals surface area contributed by atoms with E-state index in [1.807, 2.05) is 0 Å². The van der Waals surface area contributed by atoms with Crippen LogP contribution in [-0.2, 0) is 17.8 Å². The Hall–Kier alpha value is -1.20. The van der Waals surface area contributed by atoms with Crippen LogP contribution >= 0.6 is 11.9 Å². The third-order valence-corrected chi connectivity index (χ3v) is 2.92. The largest absolute Gasteiger partial charge is 0.376 e. The van der Waals surface area contributed by atoms with Crippen LogP contribution < -0.4 is 10.5 Å². The van der Waals surface area contributed by atoms with Gasteiger partial charge in [0.15, 0.2) is 0 Å². The first-order valence-electron chi connectivity index (χ1n) is 5.55. The molecule has 4 nitrogen and oxygen atoms in total. The summed E-state index contributed by atoms with van der Waals surface area (Å²) in [6.45, 7) is 3.32. The van der Waals surface area contributed by atoms with Gasteiger partial charge >= 0.3 is 6.03 Å². The molecule has 0 bridgehead atoms. The van der Waals surface area contributed by atoms with E-state index in [9.17, 15) is 4.79 Å². The molecule has 1 aromatic rings. The molecule has 17 heavy (non-hydrogen) atoms. The van der Waals surface area contributed by atoms with Crippen molar-refractivity contribution < 1.29 is 9.53 Å². The van der Waals surface area contributed by atoms with Crippen LogP contribution in [0.3, 0.4) is 0 Å². The number of amides is 2. The average molecular weight is 254 g/mol. The van der Waals surface area contributed by atoms with Gasteiger partial charge in [-0.15, -0.1) is 0 Å². The summed E-state index contributed by atoms with van der Waals surface area (Å²) in [4.78, 5) is 10.4. The number of ether oxygens (including phenoxy) is 1. The summed E-state index contributed by atoms with van der Waals surface area (Å²) in [5.41, 5.74) is 7.40. The van der Waals surface area contributed by atoms with Crippen LogP contribution in [-0.4, -0.2) is 18.4 Å². The van der Waals surface area contributed by atoms with Crippen molar-refractivity contribution in [2.75, 3.05) is 12.4 Å². The minimum Gasteiger partial charge on any atom is -0.376 e. The minimum atomic E-state index is -0.523. The Balaban J connectivity index is 2.11. The zero-order valence-electron chi connectivity index (χ0n) is 9.94. The molecule has 0 unspecified atom stereocenters. The Morgan fingerprint density at radius 1 is 1.35 bits per heavy atom. The molecule has 0 aliphatic heterocycles. The predicted molar refractivity (Wildman–Crippen MR) is 70.7 cm³/mol. The van der Waals surface area contributed by atoms with Crippen molar-refractivity contribution in [2.24, 2.45) is 5.73 Å². The van der Waals surface area contributed by atoms with Crippen LogP contribution in [0.4, 0.5) is 4.79 Å². The van der Waals surface area contributed by atoms with E-state index in [-0.39, 0.29) is 0 Å². The number of hydrogen-bond donors (Lipinski definition) is 2. The number of aryl methyl sites for hydroxylation is 1. The molecule has 0 spiro atoms. The van der Waals surface area contributed by atoms with E-state index in [1.165, 1.54) is 17.5 Å². The molecule has 94 valence electrons. The maximum absolute atomic E-state index is 10.4. The highest BCUT2D eigenvalue weighted by Crippen LogP contribution is 2.06.